The molecule has 0 aliphatic rings. The van der Waals surface area contributed by atoms with Crippen LogP contribution in [0.3, 0.4) is 0 Å². The van der Waals surface area contributed by atoms with Crippen LogP contribution in [0, 0.1) is 0 Å². The van der Waals surface area contributed by atoms with E-state index in [0.29, 0.717) is 11.3 Å². The number of aldehydes is 1. The van der Waals surface area contributed by atoms with Crippen LogP contribution < -0.4 is 10.1 Å². The van der Waals surface area contributed by atoms with Gasteiger partial charge in [0, 0.05) is 18.3 Å². The Bertz CT molecular complexity index is 1010. The Labute approximate surface area is 162 Å². The molecule has 136 valence electrons. The molecule has 0 aliphatic heterocycles. The van der Waals surface area contributed by atoms with Gasteiger partial charge in [0.25, 0.3) is 0 Å². The van der Waals surface area contributed by atoms with Crippen molar-refractivity contribution < 1.29 is 9.53 Å². The number of anilines is 1. The van der Waals surface area contributed by atoms with E-state index in [0.717, 1.165) is 28.1 Å². The van der Waals surface area contributed by atoms with Gasteiger partial charge in [0.05, 0.1) is 22.9 Å². The third-order valence-electron chi connectivity index (χ3n) is 3.99. The van der Waals surface area contributed by atoms with E-state index in [1.807, 2.05) is 37.4 Å². The fourth-order valence-electron chi connectivity index (χ4n) is 2.64. The first kappa shape index (κ1) is 18.6. The van der Waals surface area contributed by atoms with E-state index in [-0.39, 0.29) is 0 Å². The summed E-state index contributed by atoms with van der Waals surface area (Å²) in [4.78, 5) is 15.0. The number of hydrogen-bond acceptors (Lipinski definition) is 5. The second kappa shape index (κ2) is 8.96. The zero-order valence-corrected chi connectivity index (χ0v) is 16.0. The van der Waals surface area contributed by atoms with Crippen LogP contribution in [0.1, 0.15) is 10.4 Å². The number of fused-ring (bicyclic) bond motifs is 1. The first-order chi connectivity index (χ1) is 13.3. The zero-order valence-electron chi connectivity index (χ0n) is 15.2. The van der Waals surface area contributed by atoms with Crippen LogP contribution in [0.25, 0.3) is 20.8 Å². The molecule has 0 atom stereocenters. The third-order valence-corrected chi connectivity index (χ3v) is 5.06. The van der Waals surface area contributed by atoms with Crippen molar-refractivity contribution in [2.75, 3.05) is 19.5 Å². The zero-order chi connectivity index (χ0) is 19.1. The first-order valence-electron chi connectivity index (χ1n) is 8.47. The Morgan fingerprint density at radius 3 is 2.37 bits per heavy atom. The standard InChI is InChI=1S/C14H12N2S.C8H8O2/c1-15-11-7-3-2-6-10(11)14-16-12-8-4-5-9-13(12)17-14;1-10-8-5-3-2-4-7(8)6-9/h2-9,15H,1H3;2-6H,1H3. The lowest BCUT2D eigenvalue weighted by atomic mass is 10.2. The number of ether oxygens (including phenoxy) is 1. The van der Waals surface area contributed by atoms with Gasteiger partial charge in [0.15, 0.2) is 6.29 Å². The van der Waals surface area contributed by atoms with Gasteiger partial charge in [0.1, 0.15) is 10.8 Å². The Kier molecular flexibility index (Phi) is 6.18. The average Bonchev–Trinajstić information content (AvgIpc) is 3.18. The average molecular weight is 376 g/mol. The maximum absolute atomic E-state index is 10.3. The van der Waals surface area contributed by atoms with Crippen LogP contribution >= 0.6 is 11.3 Å². The van der Waals surface area contributed by atoms with Crippen LogP contribution in [-0.4, -0.2) is 25.4 Å². The topological polar surface area (TPSA) is 51.2 Å². The number of carbonyl (C=O) groups is 1. The highest BCUT2D eigenvalue weighted by Crippen LogP contribution is 2.33. The van der Waals surface area contributed by atoms with Crippen LogP contribution in [0.5, 0.6) is 5.75 Å². The molecule has 0 spiro atoms. The minimum atomic E-state index is 0.588. The smallest absolute Gasteiger partial charge is 0.153 e. The molecule has 1 N–H and O–H groups in total. The molecule has 0 saturated carbocycles. The lowest BCUT2D eigenvalue weighted by Crippen LogP contribution is -1.90. The highest BCUT2D eigenvalue weighted by atomic mass is 32.1. The Balaban J connectivity index is 0.000000180. The minimum absolute atomic E-state index is 0.588. The van der Waals surface area contributed by atoms with Crippen molar-refractivity contribution in [1.82, 2.24) is 4.98 Å². The van der Waals surface area contributed by atoms with Gasteiger partial charge in [-0.2, -0.15) is 0 Å². The number of thiazole rings is 1. The van der Waals surface area contributed by atoms with Gasteiger partial charge in [-0.1, -0.05) is 36.4 Å². The Morgan fingerprint density at radius 1 is 0.963 bits per heavy atom. The van der Waals surface area contributed by atoms with Gasteiger partial charge in [0.2, 0.25) is 0 Å². The number of hydrogen-bond donors (Lipinski definition) is 1. The molecule has 4 aromatic rings. The monoisotopic (exact) mass is 376 g/mol. The summed E-state index contributed by atoms with van der Waals surface area (Å²) in [5, 5.41) is 4.27. The van der Waals surface area contributed by atoms with Crippen molar-refractivity contribution in [3.05, 3.63) is 78.4 Å². The molecule has 3 aromatic carbocycles. The van der Waals surface area contributed by atoms with Crippen LogP contribution in [0.4, 0.5) is 5.69 Å². The SMILES string of the molecule is CNc1ccccc1-c1nc2ccccc2s1.COc1ccccc1C=O. The van der Waals surface area contributed by atoms with E-state index in [9.17, 15) is 4.79 Å². The number of nitrogens with zero attached hydrogens (tertiary/aromatic N) is 1. The lowest BCUT2D eigenvalue weighted by Gasteiger charge is -2.04. The van der Waals surface area contributed by atoms with Crippen molar-refractivity contribution in [2.45, 2.75) is 0 Å². The predicted molar refractivity (Wildman–Crippen MR) is 113 cm³/mol. The summed E-state index contributed by atoms with van der Waals surface area (Å²) >= 11 is 1.73. The quantitative estimate of drug-likeness (QED) is 0.477. The van der Waals surface area contributed by atoms with Gasteiger partial charge in [-0.05, 0) is 36.4 Å². The normalized spacial score (nSPS) is 10.0. The molecule has 4 rings (SSSR count). The van der Waals surface area contributed by atoms with Crippen LogP contribution in [-0.2, 0) is 0 Å². The summed E-state index contributed by atoms with van der Waals surface area (Å²) in [6, 6.07) is 23.6. The molecule has 0 unspecified atom stereocenters. The number of methoxy groups -OCH3 is 1. The van der Waals surface area contributed by atoms with E-state index in [4.69, 9.17) is 4.74 Å². The van der Waals surface area contributed by atoms with Gasteiger partial charge in [-0.25, -0.2) is 4.98 Å². The van der Waals surface area contributed by atoms with Crippen LogP contribution in [0.2, 0.25) is 0 Å². The largest absolute Gasteiger partial charge is 0.496 e. The Hall–Kier alpha value is -3.18. The molecule has 0 radical (unpaired) electrons. The first-order valence-corrected chi connectivity index (χ1v) is 9.29. The Morgan fingerprint density at radius 2 is 1.67 bits per heavy atom. The van der Waals surface area contributed by atoms with E-state index < -0.39 is 0 Å². The number of benzene rings is 3. The predicted octanol–water partition coefficient (Wildman–Crippen LogP) is 5.51. The van der Waals surface area contributed by atoms with Gasteiger partial charge >= 0.3 is 0 Å². The molecule has 0 aliphatic carbocycles. The number of nitrogens with one attached hydrogen (secondary N) is 1. The molecule has 0 bridgehead atoms. The molecular formula is C22H20N2O2S. The maximum atomic E-state index is 10.3. The van der Waals surface area contributed by atoms with Crippen molar-refractivity contribution in [2.24, 2.45) is 0 Å². The van der Waals surface area contributed by atoms with Gasteiger partial charge in [-0.15, -0.1) is 11.3 Å². The third kappa shape index (κ3) is 4.33. The fourth-order valence-corrected chi connectivity index (χ4v) is 3.64. The number of rotatable bonds is 4. The van der Waals surface area contributed by atoms with Crippen molar-refractivity contribution >= 4 is 33.5 Å². The van der Waals surface area contributed by atoms with Crippen LogP contribution in [0.15, 0.2) is 72.8 Å². The van der Waals surface area contributed by atoms with E-state index >= 15 is 0 Å². The molecule has 5 heteroatoms. The fraction of sp³-hybridized carbons (Fsp3) is 0.0909. The second-order valence-corrected chi connectivity index (χ2v) is 6.67. The molecule has 1 aromatic heterocycles. The van der Waals surface area contributed by atoms with Gasteiger partial charge in [-0.3, -0.25) is 4.79 Å². The molecule has 0 saturated heterocycles. The molecule has 0 amide bonds. The summed E-state index contributed by atoms with van der Waals surface area (Å²) in [6.45, 7) is 0. The summed E-state index contributed by atoms with van der Waals surface area (Å²) in [6.07, 6.45) is 0.777. The number of aromatic nitrogens is 1. The second-order valence-electron chi connectivity index (χ2n) is 5.64. The molecular weight excluding hydrogens is 356 g/mol. The number of carbonyl (C=O) groups excluding carboxylic acids is 1. The van der Waals surface area contributed by atoms with E-state index in [1.54, 1.807) is 36.6 Å². The van der Waals surface area contributed by atoms with Gasteiger partial charge < -0.3 is 10.1 Å². The lowest BCUT2D eigenvalue weighted by molar-refractivity contribution is 0.112. The summed E-state index contributed by atoms with van der Waals surface area (Å²) in [7, 11) is 3.48. The summed E-state index contributed by atoms with van der Waals surface area (Å²) in [5.41, 5.74) is 3.94. The number of para-hydroxylation sites is 3. The molecule has 27 heavy (non-hydrogen) atoms. The summed E-state index contributed by atoms with van der Waals surface area (Å²) < 4.78 is 6.13. The molecule has 4 nitrogen and oxygen atoms in total. The molecule has 1 heterocycles. The van der Waals surface area contributed by atoms with Crippen molar-refractivity contribution in [3.63, 3.8) is 0 Å². The van der Waals surface area contributed by atoms with Crippen molar-refractivity contribution in [3.8, 4) is 16.3 Å². The van der Waals surface area contributed by atoms with E-state index in [1.165, 1.54) is 4.70 Å². The summed E-state index contributed by atoms with van der Waals surface area (Å²) in [5.74, 6) is 0.623. The highest BCUT2D eigenvalue weighted by Gasteiger charge is 2.08. The molecule has 0 fully saturated rings. The van der Waals surface area contributed by atoms with Crippen molar-refractivity contribution in [1.29, 1.82) is 0 Å². The minimum Gasteiger partial charge on any atom is -0.496 e. The maximum Gasteiger partial charge on any atom is 0.153 e. The highest BCUT2D eigenvalue weighted by molar-refractivity contribution is 7.21. The van der Waals surface area contributed by atoms with E-state index in [2.05, 4.69) is 34.6 Å².